The fourth-order valence-electron chi connectivity index (χ4n) is 2.99. The van der Waals surface area contributed by atoms with Crippen LogP contribution in [0.4, 0.5) is 11.4 Å². The third-order valence-corrected chi connectivity index (χ3v) is 6.21. The lowest BCUT2D eigenvalue weighted by molar-refractivity contribution is -0.116. The number of esters is 1. The number of nitrogens with one attached hydrogen (secondary N) is 1. The predicted molar refractivity (Wildman–Crippen MR) is 130 cm³/mol. The molecule has 1 N–H and O–H groups in total. The minimum absolute atomic E-state index is 0.108. The average Bonchev–Trinajstić information content (AvgIpc) is 2.76. The first-order valence-corrected chi connectivity index (χ1v) is 12.8. The predicted octanol–water partition coefficient (Wildman–Crippen LogP) is 4.49. The number of sulfonamides is 1. The molecular formula is C23H29ClN2O6S. The largest absolute Gasteiger partial charge is 0.495 e. The first-order valence-electron chi connectivity index (χ1n) is 10.5. The Morgan fingerprint density at radius 3 is 2.36 bits per heavy atom. The summed E-state index contributed by atoms with van der Waals surface area (Å²) in [5.74, 6) is -0.233. The molecule has 0 radical (unpaired) electrons. The van der Waals surface area contributed by atoms with Gasteiger partial charge in [0.15, 0.2) is 0 Å². The fourth-order valence-corrected chi connectivity index (χ4v) is 4.19. The number of ether oxygens (including phenoxy) is 2. The second-order valence-electron chi connectivity index (χ2n) is 7.37. The Morgan fingerprint density at radius 2 is 1.79 bits per heavy atom. The van der Waals surface area contributed by atoms with Gasteiger partial charge in [-0.1, -0.05) is 24.9 Å². The molecule has 0 bridgehead atoms. The highest BCUT2D eigenvalue weighted by Crippen LogP contribution is 2.30. The minimum Gasteiger partial charge on any atom is -0.495 e. The van der Waals surface area contributed by atoms with E-state index in [1.807, 2.05) is 6.92 Å². The fraction of sp³-hybridized carbons (Fsp3) is 0.391. The van der Waals surface area contributed by atoms with Crippen molar-refractivity contribution in [2.75, 3.05) is 36.1 Å². The summed E-state index contributed by atoms with van der Waals surface area (Å²) >= 11 is 6.12. The molecule has 1 amide bonds. The van der Waals surface area contributed by atoms with Crippen molar-refractivity contribution >= 4 is 44.9 Å². The molecule has 0 unspecified atom stereocenters. The van der Waals surface area contributed by atoms with E-state index in [1.165, 1.54) is 17.5 Å². The van der Waals surface area contributed by atoms with Crippen LogP contribution >= 0.6 is 11.6 Å². The van der Waals surface area contributed by atoms with Crippen molar-refractivity contribution in [2.45, 2.75) is 32.6 Å². The normalized spacial score (nSPS) is 11.0. The maximum absolute atomic E-state index is 12.3. The van der Waals surface area contributed by atoms with Gasteiger partial charge in [0.25, 0.3) is 0 Å². The lowest BCUT2D eigenvalue weighted by Crippen LogP contribution is -2.31. The van der Waals surface area contributed by atoms with Crippen LogP contribution in [0.15, 0.2) is 42.5 Å². The molecule has 8 nitrogen and oxygen atoms in total. The van der Waals surface area contributed by atoms with Crippen LogP contribution in [-0.2, 0) is 19.6 Å². The molecular weight excluding hydrogens is 468 g/mol. The third kappa shape index (κ3) is 8.25. The van der Waals surface area contributed by atoms with Gasteiger partial charge in [-0.2, -0.15) is 0 Å². The Bertz CT molecular complexity index is 1060. The monoisotopic (exact) mass is 496 g/mol. The smallest absolute Gasteiger partial charge is 0.338 e. The van der Waals surface area contributed by atoms with Gasteiger partial charge in [-0.3, -0.25) is 9.10 Å². The van der Waals surface area contributed by atoms with Crippen molar-refractivity contribution in [3.8, 4) is 5.75 Å². The SMILES string of the molecule is CCCCOC(=O)c1ccc(NC(=O)CCCN(c2ccc(OC)c(Cl)c2)S(C)(=O)=O)cc1. The summed E-state index contributed by atoms with van der Waals surface area (Å²) in [7, 11) is -2.10. The van der Waals surface area contributed by atoms with E-state index < -0.39 is 16.0 Å². The van der Waals surface area contributed by atoms with Crippen molar-refractivity contribution in [3.05, 3.63) is 53.1 Å². The van der Waals surface area contributed by atoms with Gasteiger partial charge in [0.1, 0.15) is 5.75 Å². The van der Waals surface area contributed by atoms with Gasteiger partial charge in [-0.05, 0) is 55.3 Å². The van der Waals surface area contributed by atoms with Gasteiger partial charge < -0.3 is 14.8 Å². The molecule has 0 aliphatic rings. The van der Waals surface area contributed by atoms with E-state index in [0.717, 1.165) is 19.1 Å². The van der Waals surface area contributed by atoms with Crippen molar-refractivity contribution in [2.24, 2.45) is 0 Å². The van der Waals surface area contributed by atoms with E-state index in [1.54, 1.807) is 36.4 Å². The standard InChI is InChI=1S/C23H29ClN2O6S/c1-4-5-15-32-23(28)17-8-10-18(11-9-17)25-22(27)7-6-14-26(33(3,29)30)19-12-13-21(31-2)20(24)16-19/h8-13,16H,4-7,14-15H2,1-3H3,(H,25,27). The molecule has 0 aliphatic carbocycles. The molecule has 0 heterocycles. The zero-order valence-electron chi connectivity index (χ0n) is 19.0. The molecule has 0 aliphatic heterocycles. The Kier molecular flexibility index (Phi) is 9.99. The molecule has 0 aromatic heterocycles. The van der Waals surface area contributed by atoms with Gasteiger partial charge >= 0.3 is 5.97 Å². The molecule has 0 atom stereocenters. The summed E-state index contributed by atoms with van der Waals surface area (Å²) in [4.78, 5) is 24.2. The number of rotatable bonds is 12. The Hall–Kier alpha value is -2.78. The van der Waals surface area contributed by atoms with Crippen LogP contribution in [0.1, 0.15) is 43.0 Å². The van der Waals surface area contributed by atoms with E-state index in [-0.39, 0.29) is 18.9 Å². The molecule has 10 heteroatoms. The first-order chi connectivity index (χ1) is 15.7. The van der Waals surface area contributed by atoms with Crippen LogP contribution in [0.25, 0.3) is 0 Å². The highest BCUT2D eigenvalue weighted by atomic mass is 35.5. The second kappa shape index (κ2) is 12.5. The number of unbranched alkanes of at least 4 members (excludes halogenated alkanes) is 1. The Morgan fingerprint density at radius 1 is 1.09 bits per heavy atom. The van der Waals surface area contributed by atoms with Crippen LogP contribution in [0.2, 0.25) is 5.02 Å². The summed E-state index contributed by atoms with van der Waals surface area (Å²) in [6.07, 6.45) is 3.25. The van der Waals surface area contributed by atoms with Crippen LogP contribution < -0.4 is 14.4 Å². The maximum atomic E-state index is 12.3. The molecule has 0 spiro atoms. The van der Waals surface area contributed by atoms with Gasteiger partial charge in [0.05, 0.1) is 36.2 Å². The highest BCUT2D eigenvalue weighted by molar-refractivity contribution is 7.92. The van der Waals surface area contributed by atoms with Crippen molar-refractivity contribution in [1.82, 2.24) is 0 Å². The Labute approximate surface area is 199 Å². The second-order valence-corrected chi connectivity index (χ2v) is 9.69. The number of methoxy groups -OCH3 is 1. The quantitative estimate of drug-likeness (QED) is 0.343. The number of amides is 1. The molecule has 2 rings (SSSR count). The number of hydrogen-bond acceptors (Lipinski definition) is 6. The van der Waals surface area contributed by atoms with E-state index in [4.69, 9.17) is 21.1 Å². The minimum atomic E-state index is -3.57. The van der Waals surface area contributed by atoms with E-state index in [2.05, 4.69) is 5.32 Å². The molecule has 2 aromatic rings. The van der Waals surface area contributed by atoms with Crippen LogP contribution in [-0.4, -0.2) is 46.8 Å². The zero-order valence-corrected chi connectivity index (χ0v) is 20.5. The van der Waals surface area contributed by atoms with Gasteiger partial charge in [-0.15, -0.1) is 0 Å². The van der Waals surface area contributed by atoms with Crippen molar-refractivity contribution in [1.29, 1.82) is 0 Å². The van der Waals surface area contributed by atoms with Crippen molar-refractivity contribution < 1.29 is 27.5 Å². The molecule has 0 saturated carbocycles. The van der Waals surface area contributed by atoms with Gasteiger partial charge in [0.2, 0.25) is 15.9 Å². The maximum Gasteiger partial charge on any atom is 0.338 e. The number of carbonyl (C=O) groups excluding carboxylic acids is 2. The average molecular weight is 497 g/mol. The topological polar surface area (TPSA) is 102 Å². The third-order valence-electron chi connectivity index (χ3n) is 4.72. The van der Waals surface area contributed by atoms with Crippen molar-refractivity contribution in [3.63, 3.8) is 0 Å². The summed E-state index contributed by atoms with van der Waals surface area (Å²) in [6.45, 7) is 2.50. The van der Waals surface area contributed by atoms with Crippen LogP contribution in [0.3, 0.4) is 0 Å². The number of carbonyl (C=O) groups is 2. The number of hydrogen-bond donors (Lipinski definition) is 1. The molecule has 0 saturated heterocycles. The molecule has 33 heavy (non-hydrogen) atoms. The number of anilines is 2. The van der Waals surface area contributed by atoms with Crippen LogP contribution in [0.5, 0.6) is 5.75 Å². The first kappa shape index (κ1) is 26.5. The van der Waals surface area contributed by atoms with E-state index in [9.17, 15) is 18.0 Å². The zero-order chi connectivity index (χ0) is 24.4. The molecule has 2 aromatic carbocycles. The lowest BCUT2D eigenvalue weighted by Gasteiger charge is -2.23. The number of benzene rings is 2. The summed E-state index contributed by atoms with van der Waals surface area (Å²) in [5, 5.41) is 3.03. The highest BCUT2D eigenvalue weighted by Gasteiger charge is 2.19. The lowest BCUT2D eigenvalue weighted by atomic mass is 10.2. The van der Waals surface area contributed by atoms with E-state index >= 15 is 0 Å². The number of nitrogens with zero attached hydrogens (tertiary/aromatic N) is 1. The number of halogens is 1. The summed E-state index contributed by atoms with van der Waals surface area (Å²) < 4.78 is 35.9. The van der Waals surface area contributed by atoms with E-state index in [0.29, 0.717) is 40.7 Å². The molecule has 180 valence electrons. The Balaban J connectivity index is 1.91. The summed E-state index contributed by atoms with van der Waals surface area (Å²) in [6, 6.07) is 11.1. The van der Waals surface area contributed by atoms with Crippen LogP contribution in [0, 0.1) is 0 Å². The summed E-state index contributed by atoms with van der Waals surface area (Å²) in [5.41, 5.74) is 1.34. The van der Waals surface area contributed by atoms with Gasteiger partial charge in [0, 0.05) is 18.7 Å². The van der Waals surface area contributed by atoms with Gasteiger partial charge in [-0.25, -0.2) is 13.2 Å². The molecule has 0 fully saturated rings.